The first-order valence-corrected chi connectivity index (χ1v) is 11.6. The Morgan fingerprint density at radius 1 is 0.410 bits per heavy atom. The minimum atomic E-state index is -1.00. The maximum atomic E-state index is 9.61. The van der Waals surface area contributed by atoms with Gasteiger partial charge in [-0.3, -0.25) is 0 Å². The molecule has 6 aromatic carbocycles. The third-order valence-corrected chi connectivity index (χ3v) is 6.24. The van der Waals surface area contributed by atoms with E-state index >= 15 is 0 Å². The van der Waals surface area contributed by atoms with Crippen molar-refractivity contribution in [1.29, 1.82) is 0 Å². The normalized spacial score (nSPS) is 20.0. The highest BCUT2D eigenvalue weighted by atomic mass is 15.0. The zero-order valence-electron chi connectivity index (χ0n) is 42.9. The van der Waals surface area contributed by atoms with Gasteiger partial charge in [-0.25, -0.2) is 0 Å². The lowest BCUT2D eigenvalue weighted by Gasteiger charge is -2.12. The van der Waals surface area contributed by atoms with Crippen LogP contribution in [0.3, 0.4) is 0 Å². The third-order valence-electron chi connectivity index (χ3n) is 6.24. The molecule has 0 unspecified atom stereocenters. The standard InChI is InChI=1S/C37H26N2/c1-25-20-21-37-33(22-25)32-16-4-7-19-36(32)39(37)29-13-9-11-27(24-29)26-10-8-12-28(23-26)38-34-17-5-2-14-30(34)31-15-3-6-18-35(31)38/h2-24H,1H3/i2D,3D,4D,5D,6D,7D,8D,9D,10D,11D,12D,13D,14D,15D,16D,17D,18D,19D,20D,21D,22D,23D,24D. The monoisotopic (exact) mass is 521 g/mol. The van der Waals surface area contributed by atoms with Crippen LogP contribution in [0.4, 0.5) is 0 Å². The Morgan fingerprint density at radius 3 is 1.36 bits per heavy atom. The van der Waals surface area contributed by atoms with Crippen molar-refractivity contribution in [2.75, 3.05) is 0 Å². The molecule has 184 valence electrons. The summed E-state index contributed by atoms with van der Waals surface area (Å²) in [6.45, 7) is 1.35. The lowest BCUT2D eigenvalue weighted by atomic mass is 10.0. The molecule has 2 heterocycles. The lowest BCUT2D eigenvalue weighted by molar-refractivity contribution is 1.17. The van der Waals surface area contributed by atoms with Gasteiger partial charge >= 0.3 is 0 Å². The van der Waals surface area contributed by atoms with E-state index in [-0.39, 0.29) is 16.3 Å². The smallest absolute Gasteiger partial charge is 0.0651 e. The van der Waals surface area contributed by atoms with E-state index in [0.29, 0.717) is 0 Å². The maximum Gasteiger partial charge on any atom is 0.0651 e. The van der Waals surface area contributed by atoms with Gasteiger partial charge in [-0.2, -0.15) is 0 Å². The number of hydrogen-bond donors (Lipinski definition) is 0. The molecule has 2 heteroatoms. The van der Waals surface area contributed by atoms with Gasteiger partial charge in [0.1, 0.15) is 0 Å². The van der Waals surface area contributed by atoms with Crippen LogP contribution in [0, 0.1) is 6.92 Å². The highest BCUT2D eigenvalue weighted by Crippen LogP contribution is 2.35. The number of hydrogen-bond acceptors (Lipinski definition) is 0. The first kappa shape index (κ1) is 9.00. The zero-order chi connectivity index (χ0) is 45.9. The molecule has 0 radical (unpaired) electrons. The number of fused-ring (bicyclic) bond motifs is 6. The number of para-hydroxylation sites is 3. The second kappa shape index (κ2) is 8.47. The minimum absolute atomic E-state index is 0.0435. The van der Waals surface area contributed by atoms with Crippen LogP contribution in [-0.2, 0) is 0 Å². The minimum Gasteiger partial charge on any atom is -0.309 e. The summed E-state index contributed by atoms with van der Waals surface area (Å²) < 4.78 is 205. The van der Waals surface area contributed by atoms with Gasteiger partial charge in [0.05, 0.1) is 53.6 Å². The Labute approximate surface area is 259 Å². The quantitative estimate of drug-likeness (QED) is 0.219. The van der Waals surface area contributed by atoms with Gasteiger partial charge in [-0.05, 0) is 72.4 Å². The second-order valence-electron chi connectivity index (χ2n) is 8.51. The van der Waals surface area contributed by atoms with Crippen LogP contribution in [0.15, 0.2) is 139 Å². The third kappa shape index (κ3) is 3.35. The molecule has 0 aliphatic carbocycles. The molecular formula is C37H26N2. The first-order valence-electron chi connectivity index (χ1n) is 23.1. The lowest BCUT2D eigenvalue weighted by Crippen LogP contribution is -1.96. The van der Waals surface area contributed by atoms with Crippen LogP contribution < -0.4 is 0 Å². The molecular weight excluding hydrogens is 472 g/mol. The molecule has 0 saturated carbocycles. The Balaban J connectivity index is 1.62. The van der Waals surface area contributed by atoms with Gasteiger partial charge in [0.15, 0.2) is 0 Å². The number of aromatic nitrogens is 2. The summed E-state index contributed by atoms with van der Waals surface area (Å²) in [4.78, 5) is 0. The molecule has 0 saturated heterocycles. The van der Waals surface area contributed by atoms with Crippen molar-refractivity contribution in [3.8, 4) is 22.5 Å². The van der Waals surface area contributed by atoms with Crippen molar-refractivity contribution in [2.24, 2.45) is 0 Å². The summed E-state index contributed by atoms with van der Waals surface area (Å²) in [5.41, 5.74) is -5.22. The van der Waals surface area contributed by atoms with Crippen molar-refractivity contribution in [1.82, 2.24) is 9.13 Å². The molecule has 0 spiro atoms. The highest BCUT2D eigenvalue weighted by molar-refractivity contribution is 6.10. The number of benzene rings is 6. The van der Waals surface area contributed by atoms with E-state index in [4.69, 9.17) is 28.8 Å². The summed E-state index contributed by atoms with van der Waals surface area (Å²) in [7, 11) is 0. The topological polar surface area (TPSA) is 9.86 Å². The largest absolute Gasteiger partial charge is 0.309 e. The van der Waals surface area contributed by atoms with E-state index < -0.39 is 194 Å². The Morgan fingerprint density at radius 2 is 0.846 bits per heavy atom. The van der Waals surface area contributed by atoms with Gasteiger partial charge in [0.25, 0.3) is 0 Å². The predicted molar refractivity (Wildman–Crippen MR) is 165 cm³/mol. The van der Waals surface area contributed by atoms with Gasteiger partial charge in [-0.1, -0.05) is 90.2 Å². The summed E-state index contributed by atoms with van der Waals surface area (Å²) in [6.07, 6.45) is 0. The molecule has 39 heavy (non-hydrogen) atoms. The Kier molecular flexibility index (Phi) is 1.95. The predicted octanol–water partition coefficient (Wildman–Crippen LogP) is 9.86. The van der Waals surface area contributed by atoms with E-state index in [1.54, 1.807) is 0 Å². The fourth-order valence-corrected chi connectivity index (χ4v) is 4.62. The molecule has 0 atom stereocenters. The van der Waals surface area contributed by atoms with E-state index in [0.717, 1.165) is 9.13 Å². The Bertz CT molecular complexity index is 3070. The van der Waals surface area contributed by atoms with Crippen molar-refractivity contribution in [2.45, 2.75) is 6.92 Å². The van der Waals surface area contributed by atoms with Gasteiger partial charge in [0, 0.05) is 32.9 Å². The van der Waals surface area contributed by atoms with E-state index in [2.05, 4.69) is 0 Å². The SMILES string of the molecule is [2H]c1c([2H])c(-c2c([2H])c([2H])c([2H])c(-n3c4c([2H])c([2H])c([2H])c([2H])c4c4c([2H])c(C)c([2H])c([2H])c43)c2[2H])c([2H])c(-n2c3c([2H])c([2H])c([2H])c([2H])c3c3c([2H])c([2H])c([2H])c([2H])c32)c1[2H]. The van der Waals surface area contributed by atoms with Crippen LogP contribution in [-0.4, -0.2) is 9.13 Å². The summed E-state index contributed by atoms with van der Waals surface area (Å²) >= 11 is 0. The molecule has 8 rings (SSSR count). The van der Waals surface area contributed by atoms with Gasteiger partial charge in [0.2, 0.25) is 0 Å². The molecule has 0 amide bonds. The van der Waals surface area contributed by atoms with Crippen LogP contribution in [0.25, 0.3) is 66.1 Å². The average molecular weight is 522 g/mol. The number of rotatable bonds is 3. The van der Waals surface area contributed by atoms with Crippen LogP contribution in [0.2, 0.25) is 0 Å². The molecule has 2 aromatic heterocycles. The van der Waals surface area contributed by atoms with Crippen molar-refractivity contribution >= 4 is 43.6 Å². The summed E-state index contributed by atoms with van der Waals surface area (Å²) in [6, 6.07) is -18.7. The molecule has 0 aliphatic rings. The van der Waals surface area contributed by atoms with Crippen LogP contribution in [0.1, 0.15) is 37.1 Å². The van der Waals surface area contributed by atoms with E-state index in [1.807, 2.05) is 0 Å². The van der Waals surface area contributed by atoms with Crippen molar-refractivity contribution in [3.63, 3.8) is 0 Å². The van der Waals surface area contributed by atoms with E-state index in [9.17, 15) is 2.74 Å². The molecule has 2 nitrogen and oxygen atoms in total. The molecule has 8 aromatic rings. The van der Waals surface area contributed by atoms with Gasteiger partial charge in [-0.15, -0.1) is 0 Å². The fourth-order valence-electron chi connectivity index (χ4n) is 4.62. The second-order valence-corrected chi connectivity index (χ2v) is 8.51. The fraction of sp³-hybridized carbons (Fsp3) is 0.0270. The van der Waals surface area contributed by atoms with E-state index in [1.165, 1.54) is 6.92 Å². The highest BCUT2D eigenvalue weighted by Gasteiger charge is 2.14. The van der Waals surface area contributed by atoms with Crippen LogP contribution in [0.5, 0.6) is 0 Å². The van der Waals surface area contributed by atoms with Crippen molar-refractivity contribution < 1.29 is 31.5 Å². The van der Waals surface area contributed by atoms with Gasteiger partial charge < -0.3 is 9.13 Å². The summed E-state index contributed by atoms with van der Waals surface area (Å²) in [5.74, 6) is 0. The summed E-state index contributed by atoms with van der Waals surface area (Å²) in [5, 5.41) is -1.45. The molecule has 0 fully saturated rings. The zero-order valence-corrected chi connectivity index (χ0v) is 19.9. The van der Waals surface area contributed by atoms with Crippen LogP contribution >= 0.6 is 0 Å². The Hall–Kier alpha value is -5.08. The molecule has 0 bridgehead atoms. The van der Waals surface area contributed by atoms with Crippen molar-refractivity contribution in [3.05, 3.63) is 145 Å². The maximum absolute atomic E-state index is 9.61. The average Bonchev–Trinajstić information content (AvgIpc) is 3.78. The molecule has 0 aliphatic heterocycles. The molecule has 0 N–H and O–H groups in total. The number of nitrogens with zero attached hydrogens (tertiary/aromatic N) is 2. The first-order chi connectivity index (χ1) is 28.9.